The van der Waals surface area contributed by atoms with Crippen LogP contribution in [0.15, 0.2) is 35.7 Å². The molecule has 0 unspecified atom stereocenters. The van der Waals surface area contributed by atoms with E-state index >= 15 is 0 Å². The average molecular weight is 278 g/mol. The van der Waals surface area contributed by atoms with Crippen molar-refractivity contribution in [1.29, 1.82) is 0 Å². The van der Waals surface area contributed by atoms with Crippen molar-refractivity contribution in [3.05, 3.63) is 56.3 Å². The Balaban J connectivity index is 1.97. The molecule has 0 aliphatic rings. The molecule has 7 heteroatoms. The molecule has 0 aliphatic heterocycles. The number of non-ortho nitro benzene ring substituents is 1. The molecule has 19 heavy (non-hydrogen) atoms. The molecule has 2 N–H and O–H groups in total. The first-order chi connectivity index (χ1) is 9.06. The summed E-state index contributed by atoms with van der Waals surface area (Å²) in [6.45, 7) is 0.482. The van der Waals surface area contributed by atoms with E-state index < -0.39 is 10.9 Å². The second-order valence-corrected chi connectivity index (χ2v) is 4.76. The van der Waals surface area contributed by atoms with Crippen molar-refractivity contribution in [1.82, 2.24) is 0 Å². The Labute approximate surface area is 112 Å². The lowest BCUT2D eigenvalue weighted by Gasteiger charge is -2.03. The summed E-state index contributed by atoms with van der Waals surface area (Å²) in [4.78, 5) is 21.6. The molecule has 1 aromatic heterocycles. The molecule has 2 aromatic rings. The fraction of sp³-hybridized carbons (Fsp3) is 0.0833. The molecule has 0 radical (unpaired) electrons. The van der Waals surface area contributed by atoms with E-state index in [2.05, 4.69) is 5.32 Å². The minimum atomic E-state index is -0.946. The quantitative estimate of drug-likeness (QED) is 0.648. The maximum Gasteiger partial charge on any atom is 0.336 e. The van der Waals surface area contributed by atoms with Crippen LogP contribution in [0.2, 0.25) is 0 Å². The number of thiophene rings is 1. The van der Waals surface area contributed by atoms with Crippen molar-refractivity contribution in [3.8, 4) is 0 Å². The molecule has 0 fully saturated rings. The normalized spacial score (nSPS) is 10.1. The van der Waals surface area contributed by atoms with Crippen molar-refractivity contribution in [3.63, 3.8) is 0 Å². The highest BCUT2D eigenvalue weighted by Gasteiger charge is 2.07. The van der Waals surface area contributed by atoms with E-state index in [1.54, 1.807) is 23.6 Å². The number of aromatic carboxylic acids is 1. The summed E-state index contributed by atoms with van der Waals surface area (Å²) in [5.74, 6) is -0.946. The van der Waals surface area contributed by atoms with E-state index in [0.29, 0.717) is 6.54 Å². The molecule has 1 heterocycles. The third-order valence-corrected chi connectivity index (χ3v) is 3.38. The number of carbonyl (C=O) groups is 1. The molecule has 0 atom stereocenters. The number of nitro groups is 1. The van der Waals surface area contributed by atoms with Gasteiger partial charge in [0, 0.05) is 34.6 Å². The van der Waals surface area contributed by atoms with Crippen LogP contribution in [0.25, 0.3) is 0 Å². The van der Waals surface area contributed by atoms with Crippen molar-refractivity contribution < 1.29 is 14.8 Å². The lowest BCUT2D eigenvalue weighted by atomic mass is 10.2. The Morgan fingerprint density at radius 2 is 2.05 bits per heavy atom. The highest BCUT2D eigenvalue weighted by molar-refractivity contribution is 7.10. The summed E-state index contributed by atoms with van der Waals surface area (Å²) in [6, 6.07) is 7.66. The number of carboxylic acids is 1. The molecular formula is C12H10N2O4S. The fourth-order valence-corrected chi connectivity index (χ4v) is 2.27. The van der Waals surface area contributed by atoms with Crippen LogP contribution in [0.3, 0.4) is 0 Å². The van der Waals surface area contributed by atoms with Gasteiger partial charge in [0.1, 0.15) is 0 Å². The molecule has 98 valence electrons. The number of carboxylic acid groups (broad SMARTS) is 1. The predicted octanol–water partition coefficient (Wildman–Crippen LogP) is 2.97. The zero-order valence-electron chi connectivity index (χ0n) is 9.70. The number of rotatable bonds is 5. The highest BCUT2D eigenvalue weighted by atomic mass is 32.1. The van der Waals surface area contributed by atoms with Gasteiger partial charge in [-0.3, -0.25) is 10.1 Å². The third kappa shape index (κ3) is 3.29. The van der Waals surface area contributed by atoms with Crippen LogP contribution in [-0.4, -0.2) is 16.0 Å². The second-order valence-electron chi connectivity index (χ2n) is 3.76. The standard InChI is InChI=1S/C12H10N2O4S/c15-12(16)8-5-11(19-7-8)6-13-9-1-3-10(4-2-9)14(17)18/h1-5,7,13H,6H2,(H,15,16). The fourth-order valence-electron chi connectivity index (χ4n) is 1.48. The van der Waals surface area contributed by atoms with E-state index in [1.807, 2.05) is 0 Å². The molecule has 6 nitrogen and oxygen atoms in total. The Morgan fingerprint density at radius 1 is 1.37 bits per heavy atom. The maximum atomic E-state index is 10.7. The van der Waals surface area contributed by atoms with Gasteiger partial charge in [0.05, 0.1) is 10.5 Å². The van der Waals surface area contributed by atoms with Gasteiger partial charge >= 0.3 is 5.97 Å². The van der Waals surface area contributed by atoms with Crippen LogP contribution >= 0.6 is 11.3 Å². The first kappa shape index (κ1) is 13.0. The summed E-state index contributed by atoms with van der Waals surface area (Å²) in [5.41, 5.74) is 1.05. The lowest BCUT2D eigenvalue weighted by molar-refractivity contribution is -0.384. The van der Waals surface area contributed by atoms with Crippen LogP contribution in [0.4, 0.5) is 11.4 Å². The van der Waals surface area contributed by atoms with E-state index in [0.717, 1.165) is 10.6 Å². The largest absolute Gasteiger partial charge is 0.478 e. The number of nitrogens with one attached hydrogen (secondary N) is 1. The number of hydrogen-bond acceptors (Lipinski definition) is 5. The molecule has 0 spiro atoms. The Kier molecular flexibility index (Phi) is 3.76. The first-order valence-electron chi connectivity index (χ1n) is 5.35. The van der Waals surface area contributed by atoms with Crippen LogP contribution in [0.1, 0.15) is 15.2 Å². The van der Waals surface area contributed by atoms with E-state index in [4.69, 9.17) is 5.11 Å². The number of nitro benzene ring substituents is 1. The summed E-state index contributed by atoms with van der Waals surface area (Å²) in [7, 11) is 0. The van der Waals surface area contributed by atoms with Gasteiger partial charge in [0.25, 0.3) is 5.69 Å². The molecule has 2 rings (SSSR count). The van der Waals surface area contributed by atoms with Gasteiger partial charge in [-0.05, 0) is 18.2 Å². The van der Waals surface area contributed by atoms with E-state index in [-0.39, 0.29) is 11.3 Å². The van der Waals surface area contributed by atoms with Crippen LogP contribution in [0, 0.1) is 10.1 Å². The molecule has 0 bridgehead atoms. The minimum absolute atomic E-state index is 0.0369. The summed E-state index contributed by atoms with van der Waals surface area (Å²) in [5, 5.41) is 23.9. The van der Waals surface area contributed by atoms with Gasteiger partial charge < -0.3 is 10.4 Å². The van der Waals surface area contributed by atoms with E-state index in [9.17, 15) is 14.9 Å². The Morgan fingerprint density at radius 3 is 2.58 bits per heavy atom. The number of benzene rings is 1. The van der Waals surface area contributed by atoms with Crippen LogP contribution < -0.4 is 5.32 Å². The minimum Gasteiger partial charge on any atom is -0.478 e. The van der Waals surface area contributed by atoms with Crippen molar-refractivity contribution >= 4 is 28.7 Å². The molecular weight excluding hydrogens is 268 g/mol. The van der Waals surface area contributed by atoms with Crippen LogP contribution in [0.5, 0.6) is 0 Å². The molecule has 0 saturated carbocycles. The van der Waals surface area contributed by atoms with Gasteiger partial charge in [0.2, 0.25) is 0 Å². The zero-order chi connectivity index (χ0) is 13.8. The predicted molar refractivity (Wildman–Crippen MR) is 71.7 cm³/mol. The molecule has 1 aromatic carbocycles. The maximum absolute atomic E-state index is 10.7. The summed E-state index contributed by atoms with van der Waals surface area (Å²) >= 11 is 1.35. The number of anilines is 1. The highest BCUT2D eigenvalue weighted by Crippen LogP contribution is 2.19. The molecule has 0 aliphatic carbocycles. The van der Waals surface area contributed by atoms with Gasteiger partial charge in [-0.2, -0.15) is 0 Å². The van der Waals surface area contributed by atoms with Crippen molar-refractivity contribution in [2.24, 2.45) is 0 Å². The Hall–Kier alpha value is -2.41. The molecule has 0 amide bonds. The van der Waals surface area contributed by atoms with Crippen molar-refractivity contribution in [2.75, 3.05) is 5.32 Å². The summed E-state index contributed by atoms with van der Waals surface area (Å²) < 4.78 is 0. The monoisotopic (exact) mass is 278 g/mol. The first-order valence-corrected chi connectivity index (χ1v) is 6.23. The van der Waals surface area contributed by atoms with Gasteiger partial charge in [-0.1, -0.05) is 0 Å². The van der Waals surface area contributed by atoms with E-state index in [1.165, 1.54) is 23.5 Å². The number of hydrogen-bond donors (Lipinski definition) is 2. The van der Waals surface area contributed by atoms with Gasteiger partial charge in [-0.15, -0.1) is 11.3 Å². The smallest absolute Gasteiger partial charge is 0.336 e. The van der Waals surface area contributed by atoms with Crippen LogP contribution in [-0.2, 0) is 6.54 Å². The topological polar surface area (TPSA) is 92.5 Å². The third-order valence-electron chi connectivity index (χ3n) is 2.45. The molecule has 0 saturated heterocycles. The lowest BCUT2D eigenvalue weighted by Crippen LogP contribution is -1.98. The van der Waals surface area contributed by atoms with Gasteiger partial charge in [-0.25, -0.2) is 4.79 Å². The van der Waals surface area contributed by atoms with Gasteiger partial charge in [0.15, 0.2) is 0 Å². The SMILES string of the molecule is O=C(O)c1csc(CNc2ccc([N+](=O)[O-])cc2)c1. The Bertz CT molecular complexity index is 606. The zero-order valence-corrected chi connectivity index (χ0v) is 10.5. The van der Waals surface area contributed by atoms with Crippen molar-refractivity contribution in [2.45, 2.75) is 6.54 Å². The average Bonchev–Trinajstić information content (AvgIpc) is 2.86. The number of nitrogens with zero attached hydrogens (tertiary/aromatic N) is 1. The summed E-state index contributed by atoms with van der Waals surface area (Å²) in [6.07, 6.45) is 0. The second kappa shape index (κ2) is 5.49.